The first-order valence-electron chi connectivity index (χ1n) is 4.14. The topological polar surface area (TPSA) is 34.1 Å². The molecule has 0 aromatic carbocycles. The summed E-state index contributed by atoms with van der Waals surface area (Å²) in [6.45, 7) is 3.48. The lowest BCUT2D eigenvalue weighted by molar-refractivity contribution is 0.550. The van der Waals surface area contributed by atoms with Crippen LogP contribution in [-0.4, -0.2) is 19.4 Å². The van der Waals surface area contributed by atoms with Crippen molar-refractivity contribution in [3.8, 4) is 0 Å². The molecule has 0 saturated heterocycles. The van der Waals surface area contributed by atoms with E-state index >= 15 is 0 Å². The molecule has 0 radical (unpaired) electrons. The molecular formula is C9H13BrO2S2. The Labute approximate surface area is 97.4 Å². The first-order valence-corrected chi connectivity index (χ1v) is 7.82. The van der Waals surface area contributed by atoms with Gasteiger partial charge >= 0.3 is 0 Å². The van der Waals surface area contributed by atoms with Gasteiger partial charge in [0.1, 0.15) is 0 Å². The van der Waals surface area contributed by atoms with E-state index in [-0.39, 0.29) is 4.83 Å². The zero-order valence-electron chi connectivity index (χ0n) is 8.32. The molecule has 1 aromatic rings. The number of alkyl halides is 1. The van der Waals surface area contributed by atoms with E-state index in [1.54, 1.807) is 25.2 Å². The summed E-state index contributed by atoms with van der Waals surface area (Å²) in [5.41, 5.74) is 0. The number of hydrogen-bond donors (Lipinski definition) is 0. The molecule has 1 atom stereocenters. The zero-order valence-corrected chi connectivity index (χ0v) is 11.5. The van der Waals surface area contributed by atoms with Crippen LogP contribution in [0.3, 0.4) is 0 Å². The summed E-state index contributed by atoms with van der Waals surface area (Å²) in [7, 11) is -3.07. The van der Waals surface area contributed by atoms with Gasteiger partial charge in [-0.25, -0.2) is 8.42 Å². The van der Waals surface area contributed by atoms with Crippen molar-refractivity contribution in [1.82, 2.24) is 0 Å². The molecule has 0 amide bonds. The summed E-state index contributed by atoms with van der Waals surface area (Å²) in [5.74, 6) is 0. The van der Waals surface area contributed by atoms with Crippen LogP contribution >= 0.6 is 27.3 Å². The van der Waals surface area contributed by atoms with Crippen LogP contribution in [0.25, 0.3) is 0 Å². The van der Waals surface area contributed by atoms with Crippen molar-refractivity contribution in [2.75, 3.05) is 6.26 Å². The third kappa shape index (κ3) is 2.20. The van der Waals surface area contributed by atoms with E-state index in [1.165, 1.54) is 6.26 Å². The maximum absolute atomic E-state index is 11.6. The largest absolute Gasteiger partial charge is 0.229 e. The molecule has 1 aromatic heterocycles. The Morgan fingerprint density at radius 3 is 2.43 bits per heavy atom. The van der Waals surface area contributed by atoms with Gasteiger partial charge in [0.2, 0.25) is 0 Å². The molecule has 5 heteroatoms. The van der Waals surface area contributed by atoms with Crippen molar-refractivity contribution in [3.05, 3.63) is 22.4 Å². The molecule has 0 saturated carbocycles. The summed E-state index contributed by atoms with van der Waals surface area (Å²) < 4.78 is 22.3. The third-order valence-corrected chi connectivity index (χ3v) is 7.69. The molecule has 80 valence electrons. The second kappa shape index (κ2) is 3.94. The van der Waals surface area contributed by atoms with E-state index in [1.807, 2.05) is 17.5 Å². The molecule has 0 N–H and O–H groups in total. The molecule has 0 aliphatic carbocycles. The fourth-order valence-corrected chi connectivity index (χ4v) is 3.92. The lowest BCUT2D eigenvalue weighted by Crippen LogP contribution is -2.34. The quantitative estimate of drug-likeness (QED) is 0.804. The van der Waals surface area contributed by atoms with Crippen LogP contribution in [0, 0.1) is 0 Å². The van der Waals surface area contributed by atoms with E-state index < -0.39 is 14.6 Å². The molecule has 1 rings (SSSR count). The van der Waals surface area contributed by atoms with Gasteiger partial charge < -0.3 is 0 Å². The minimum Gasteiger partial charge on any atom is -0.229 e. The summed E-state index contributed by atoms with van der Waals surface area (Å²) in [4.78, 5) is 0.894. The van der Waals surface area contributed by atoms with Crippen LogP contribution in [0.5, 0.6) is 0 Å². The van der Waals surface area contributed by atoms with Crippen molar-refractivity contribution < 1.29 is 8.42 Å². The van der Waals surface area contributed by atoms with Crippen LogP contribution < -0.4 is 0 Å². The predicted octanol–water partition coefficient (Wildman–Crippen LogP) is 3.01. The van der Waals surface area contributed by atoms with Crippen LogP contribution in [0.2, 0.25) is 0 Å². The molecule has 1 unspecified atom stereocenters. The Bertz CT molecular complexity index is 392. The van der Waals surface area contributed by atoms with E-state index in [4.69, 9.17) is 0 Å². The summed E-state index contributed by atoms with van der Waals surface area (Å²) >= 11 is 5.02. The summed E-state index contributed by atoms with van der Waals surface area (Å²) in [5, 5.41) is 1.95. The number of rotatable bonds is 3. The predicted molar refractivity (Wildman–Crippen MR) is 64.9 cm³/mol. The van der Waals surface area contributed by atoms with Gasteiger partial charge in [-0.2, -0.15) is 0 Å². The molecule has 14 heavy (non-hydrogen) atoms. The van der Waals surface area contributed by atoms with E-state index in [0.29, 0.717) is 0 Å². The number of sulfone groups is 1. The smallest absolute Gasteiger partial charge is 0.154 e. The van der Waals surface area contributed by atoms with Gasteiger partial charge in [0.25, 0.3) is 0 Å². The Balaban J connectivity index is 3.07. The third-order valence-electron chi connectivity index (χ3n) is 2.36. The molecule has 2 nitrogen and oxygen atoms in total. The van der Waals surface area contributed by atoms with Gasteiger partial charge in [0.05, 0.1) is 9.57 Å². The first kappa shape index (κ1) is 12.2. The van der Waals surface area contributed by atoms with Gasteiger partial charge in [-0.3, -0.25) is 0 Å². The second-order valence-corrected chi connectivity index (χ2v) is 8.25. The van der Waals surface area contributed by atoms with E-state index in [2.05, 4.69) is 15.9 Å². The summed E-state index contributed by atoms with van der Waals surface area (Å²) in [6.07, 6.45) is 1.27. The fourth-order valence-electron chi connectivity index (χ4n) is 0.966. The fraction of sp³-hybridized carbons (Fsp3) is 0.556. The first-order chi connectivity index (χ1) is 6.27. The zero-order chi connectivity index (χ0) is 11.0. The van der Waals surface area contributed by atoms with Gasteiger partial charge in [-0.05, 0) is 25.3 Å². The van der Waals surface area contributed by atoms with Gasteiger partial charge in [0.15, 0.2) is 9.84 Å². The van der Waals surface area contributed by atoms with Crippen molar-refractivity contribution in [2.45, 2.75) is 23.4 Å². The Morgan fingerprint density at radius 2 is 2.07 bits per heavy atom. The van der Waals surface area contributed by atoms with Crippen molar-refractivity contribution >= 4 is 37.1 Å². The number of thiophene rings is 1. The molecule has 0 aliphatic rings. The Kier molecular flexibility index (Phi) is 3.44. The molecule has 0 bridgehead atoms. The maximum Gasteiger partial charge on any atom is 0.154 e. The number of halogens is 1. The SMILES string of the molecule is CC(C)(C(Br)c1cccs1)S(C)(=O)=O. The van der Waals surface area contributed by atoms with Crippen molar-refractivity contribution in [3.63, 3.8) is 0 Å². The lowest BCUT2D eigenvalue weighted by Gasteiger charge is -2.27. The van der Waals surface area contributed by atoms with Crippen molar-refractivity contribution in [1.29, 1.82) is 0 Å². The molecule has 0 aliphatic heterocycles. The maximum atomic E-state index is 11.6. The van der Waals surface area contributed by atoms with Crippen molar-refractivity contribution in [2.24, 2.45) is 0 Å². The van der Waals surface area contributed by atoms with Crippen LogP contribution in [0.4, 0.5) is 0 Å². The van der Waals surface area contributed by atoms with Crippen LogP contribution in [-0.2, 0) is 9.84 Å². The normalized spacial score (nSPS) is 15.4. The van der Waals surface area contributed by atoms with E-state index in [0.717, 1.165) is 4.88 Å². The highest BCUT2D eigenvalue weighted by Crippen LogP contribution is 2.40. The second-order valence-electron chi connectivity index (χ2n) is 3.75. The van der Waals surface area contributed by atoms with Gasteiger partial charge in [-0.1, -0.05) is 22.0 Å². The minimum absolute atomic E-state index is 0.148. The molecular weight excluding hydrogens is 284 g/mol. The number of hydrogen-bond acceptors (Lipinski definition) is 3. The van der Waals surface area contributed by atoms with Gasteiger partial charge in [0, 0.05) is 11.1 Å². The molecule has 0 fully saturated rings. The minimum atomic E-state index is -3.07. The lowest BCUT2D eigenvalue weighted by atomic mass is 10.1. The Morgan fingerprint density at radius 1 is 1.50 bits per heavy atom. The highest BCUT2D eigenvalue weighted by atomic mass is 79.9. The van der Waals surface area contributed by atoms with Gasteiger partial charge in [-0.15, -0.1) is 11.3 Å². The highest BCUT2D eigenvalue weighted by molar-refractivity contribution is 9.09. The average Bonchev–Trinajstić information content (AvgIpc) is 2.52. The van der Waals surface area contributed by atoms with Crippen LogP contribution in [0.15, 0.2) is 17.5 Å². The monoisotopic (exact) mass is 296 g/mol. The standard InChI is InChI=1S/C9H13BrO2S2/c1-9(2,14(3,11)12)8(10)7-5-4-6-13-7/h4-6,8H,1-3H3. The highest BCUT2D eigenvalue weighted by Gasteiger charge is 2.38. The average molecular weight is 297 g/mol. The summed E-state index contributed by atoms with van der Waals surface area (Å²) in [6, 6.07) is 3.86. The Hall–Kier alpha value is 0.130. The van der Waals surface area contributed by atoms with E-state index in [9.17, 15) is 8.42 Å². The van der Waals surface area contributed by atoms with Crippen LogP contribution in [0.1, 0.15) is 23.6 Å². The molecule has 0 spiro atoms. The molecule has 1 heterocycles.